The highest BCUT2D eigenvalue weighted by atomic mass is 19.1. The minimum absolute atomic E-state index is 0.260. The molecule has 0 heterocycles. The Labute approximate surface area is 61.8 Å². The molecule has 0 aliphatic heterocycles. The van der Waals surface area contributed by atoms with Gasteiger partial charge in [-0.1, -0.05) is 6.92 Å². The lowest BCUT2D eigenvalue weighted by atomic mass is 9.82. The maximum Gasteiger partial charge on any atom is 0.111 e. The van der Waals surface area contributed by atoms with Crippen LogP contribution in [0, 0.1) is 0 Å². The smallest absolute Gasteiger partial charge is 0.111 e. The van der Waals surface area contributed by atoms with E-state index in [4.69, 9.17) is 5.73 Å². The summed E-state index contributed by atoms with van der Waals surface area (Å²) in [5.74, 6) is 0. The van der Waals surface area contributed by atoms with Gasteiger partial charge in [0.1, 0.15) is 5.67 Å². The van der Waals surface area contributed by atoms with Crippen molar-refractivity contribution in [3.05, 3.63) is 0 Å². The number of hydrogen-bond donors (Lipinski definition) is 1. The molecule has 1 aliphatic carbocycles. The third kappa shape index (κ3) is 1.69. The summed E-state index contributed by atoms with van der Waals surface area (Å²) in [4.78, 5) is 0. The molecule has 2 N–H and O–H groups in total. The maximum absolute atomic E-state index is 13.4. The van der Waals surface area contributed by atoms with Crippen LogP contribution in [-0.4, -0.2) is 11.7 Å². The molecule has 1 rings (SSSR count). The van der Waals surface area contributed by atoms with Crippen molar-refractivity contribution in [3.8, 4) is 0 Å². The highest BCUT2D eigenvalue weighted by Crippen LogP contribution is 2.33. The Morgan fingerprint density at radius 3 is 2.40 bits per heavy atom. The van der Waals surface area contributed by atoms with Gasteiger partial charge in [-0.15, -0.1) is 0 Å². The van der Waals surface area contributed by atoms with Crippen molar-refractivity contribution in [3.63, 3.8) is 0 Å². The molecule has 0 radical (unpaired) electrons. The van der Waals surface area contributed by atoms with E-state index in [-0.39, 0.29) is 6.04 Å². The van der Waals surface area contributed by atoms with Crippen molar-refractivity contribution >= 4 is 0 Å². The third-order valence-electron chi connectivity index (χ3n) is 2.56. The molecule has 60 valence electrons. The SMILES string of the molecule is CCC1(F)CCC(N)CC1. The molecule has 0 bridgehead atoms. The Morgan fingerprint density at radius 2 is 2.00 bits per heavy atom. The summed E-state index contributed by atoms with van der Waals surface area (Å²) < 4.78 is 13.4. The fraction of sp³-hybridized carbons (Fsp3) is 1.00. The van der Waals surface area contributed by atoms with E-state index in [0.717, 1.165) is 12.8 Å². The zero-order chi connectivity index (χ0) is 7.61. The topological polar surface area (TPSA) is 26.0 Å². The van der Waals surface area contributed by atoms with Crippen molar-refractivity contribution in [1.82, 2.24) is 0 Å². The molecule has 10 heavy (non-hydrogen) atoms. The molecule has 0 spiro atoms. The van der Waals surface area contributed by atoms with E-state index >= 15 is 0 Å². The molecule has 0 amide bonds. The first-order valence-electron chi connectivity index (χ1n) is 4.11. The van der Waals surface area contributed by atoms with Gasteiger partial charge in [-0.25, -0.2) is 4.39 Å². The summed E-state index contributed by atoms with van der Waals surface area (Å²) in [5.41, 5.74) is 4.76. The van der Waals surface area contributed by atoms with Gasteiger partial charge in [-0.05, 0) is 32.1 Å². The maximum atomic E-state index is 13.4. The Balaban J connectivity index is 2.38. The Kier molecular flexibility index (Phi) is 2.29. The first kappa shape index (κ1) is 7.99. The quantitative estimate of drug-likeness (QED) is 0.600. The first-order chi connectivity index (χ1) is 4.66. The highest BCUT2D eigenvalue weighted by molar-refractivity contribution is 4.85. The summed E-state index contributed by atoms with van der Waals surface area (Å²) in [6.07, 6.45) is 3.73. The zero-order valence-electron chi connectivity index (χ0n) is 6.57. The lowest BCUT2D eigenvalue weighted by Crippen LogP contribution is -2.35. The summed E-state index contributed by atoms with van der Waals surface area (Å²) in [6.45, 7) is 1.91. The van der Waals surface area contributed by atoms with Gasteiger partial charge in [0.05, 0.1) is 0 Å². The van der Waals surface area contributed by atoms with Crippen molar-refractivity contribution in [2.75, 3.05) is 0 Å². The van der Waals surface area contributed by atoms with Crippen LogP contribution in [0.3, 0.4) is 0 Å². The fourth-order valence-electron chi connectivity index (χ4n) is 1.51. The highest BCUT2D eigenvalue weighted by Gasteiger charge is 2.31. The van der Waals surface area contributed by atoms with Crippen LogP contribution in [0.1, 0.15) is 39.0 Å². The van der Waals surface area contributed by atoms with E-state index in [1.54, 1.807) is 0 Å². The van der Waals surface area contributed by atoms with Gasteiger partial charge in [0.25, 0.3) is 0 Å². The van der Waals surface area contributed by atoms with Gasteiger partial charge in [-0.3, -0.25) is 0 Å². The third-order valence-corrected chi connectivity index (χ3v) is 2.56. The lowest BCUT2D eigenvalue weighted by molar-refractivity contribution is 0.0948. The molecule has 0 aromatic carbocycles. The summed E-state index contributed by atoms with van der Waals surface area (Å²) in [6, 6.07) is 0.260. The Morgan fingerprint density at radius 1 is 1.50 bits per heavy atom. The fourth-order valence-corrected chi connectivity index (χ4v) is 1.51. The van der Waals surface area contributed by atoms with Crippen LogP contribution < -0.4 is 5.73 Å². The van der Waals surface area contributed by atoms with Crippen LogP contribution in [0.25, 0.3) is 0 Å². The van der Waals surface area contributed by atoms with Gasteiger partial charge in [0.2, 0.25) is 0 Å². The van der Waals surface area contributed by atoms with Crippen LogP contribution in [0.2, 0.25) is 0 Å². The first-order valence-corrected chi connectivity index (χ1v) is 4.11. The van der Waals surface area contributed by atoms with E-state index < -0.39 is 5.67 Å². The second-order valence-corrected chi connectivity index (χ2v) is 3.34. The van der Waals surface area contributed by atoms with Gasteiger partial charge in [0.15, 0.2) is 0 Å². The van der Waals surface area contributed by atoms with E-state index in [9.17, 15) is 4.39 Å². The Bertz CT molecular complexity index is 106. The van der Waals surface area contributed by atoms with Crippen LogP contribution in [0.4, 0.5) is 4.39 Å². The van der Waals surface area contributed by atoms with Gasteiger partial charge < -0.3 is 5.73 Å². The van der Waals surface area contributed by atoms with Crippen LogP contribution >= 0.6 is 0 Å². The number of rotatable bonds is 1. The summed E-state index contributed by atoms with van der Waals surface area (Å²) >= 11 is 0. The molecular weight excluding hydrogens is 129 g/mol. The minimum atomic E-state index is -0.879. The van der Waals surface area contributed by atoms with Gasteiger partial charge in [-0.2, -0.15) is 0 Å². The molecular formula is C8H16FN. The monoisotopic (exact) mass is 145 g/mol. The molecule has 1 nitrogen and oxygen atoms in total. The van der Waals surface area contributed by atoms with Crippen molar-refractivity contribution < 1.29 is 4.39 Å². The van der Waals surface area contributed by atoms with Crippen molar-refractivity contribution in [2.45, 2.75) is 50.7 Å². The van der Waals surface area contributed by atoms with Crippen molar-refractivity contribution in [2.24, 2.45) is 5.73 Å². The second-order valence-electron chi connectivity index (χ2n) is 3.34. The number of hydrogen-bond acceptors (Lipinski definition) is 1. The minimum Gasteiger partial charge on any atom is -0.328 e. The van der Waals surface area contributed by atoms with Crippen LogP contribution in [0.15, 0.2) is 0 Å². The molecule has 2 heteroatoms. The molecule has 0 aromatic heterocycles. The second kappa shape index (κ2) is 2.87. The van der Waals surface area contributed by atoms with Crippen LogP contribution in [0.5, 0.6) is 0 Å². The predicted molar refractivity (Wildman–Crippen MR) is 40.6 cm³/mol. The van der Waals surface area contributed by atoms with E-state index in [1.165, 1.54) is 0 Å². The number of alkyl halides is 1. The zero-order valence-corrected chi connectivity index (χ0v) is 6.57. The molecule has 0 atom stereocenters. The number of nitrogens with two attached hydrogens (primary N) is 1. The largest absolute Gasteiger partial charge is 0.328 e. The van der Waals surface area contributed by atoms with E-state index in [0.29, 0.717) is 19.3 Å². The molecule has 0 unspecified atom stereocenters. The average molecular weight is 145 g/mol. The molecule has 1 fully saturated rings. The van der Waals surface area contributed by atoms with Crippen molar-refractivity contribution in [1.29, 1.82) is 0 Å². The standard InChI is InChI=1S/C8H16FN/c1-2-8(9)5-3-7(10)4-6-8/h7H,2-6,10H2,1H3. The van der Waals surface area contributed by atoms with E-state index in [2.05, 4.69) is 0 Å². The lowest BCUT2D eigenvalue weighted by Gasteiger charge is -2.31. The molecule has 0 aromatic rings. The molecule has 1 aliphatic rings. The van der Waals surface area contributed by atoms with Gasteiger partial charge >= 0.3 is 0 Å². The summed E-state index contributed by atoms with van der Waals surface area (Å²) in [7, 11) is 0. The predicted octanol–water partition coefficient (Wildman–Crippen LogP) is 2.01. The van der Waals surface area contributed by atoms with E-state index in [1.807, 2.05) is 6.92 Å². The van der Waals surface area contributed by atoms with Gasteiger partial charge in [0, 0.05) is 6.04 Å². The molecule has 1 saturated carbocycles. The Hall–Kier alpha value is -0.110. The number of halogens is 1. The van der Waals surface area contributed by atoms with Crippen LogP contribution in [-0.2, 0) is 0 Å². The normalized spacial score (nSPS) is 41.7. The molecule has 0 saturated heterocycles. The summed E-state index contributed by atoms with van der Waals surface area (Å²) in [5, 5.41) is 0. The average Bonchev–Trinajstić information content (AvgIpc) is 1.96.